The van der Waals surface area contributed by atoms with Gasteiger partial charge in [0.05, 0.1) is 6.10 Å². The summed E-state index contributed by atoms with van der Waals surface area (Å²) in [7, 11) is 0. The molecule has 0 saturated heterocycles. The van der Waals surface area contributed by atoms with Crippen molar-refractivity contribution in [3.63, 3.8) is 0 Å². The molecule has 0 fully saturated rings. The van der Waals surface area contributed by atoms with E-state index in [1.807, 2.05) is 25.1 Å². The molecule has 0 radical (unpaired) electrons. The summed E-state index contributed by atoms with van der Waals surface area (Å²) < 4.78 is 12.9. The summed E-state index contributed by atoms with van der Waals surface area (Å²) in [6.07, 6.45) is 0.392. The first kappa shape index (κ1) is 15.7. The summed E-state index contributed by atoms with van der Waals surface area (Å²) in [5, 5.41) is 13.1. The zero-order valence-corrected chi connectivity index (χ0v) is 12.3. The van der Waals surface area contributed by atoms with Gasteiger partial charge in [0.1, 0.15) is 5.82 Å². The highest BCUT2D eigenvalue weighted by atomic mass is 19.1. The molecule has 0 spiro atoms. The SMILES string of the molecule is CC(O)CC(CNCc1ccc(F)cc1)c1ccccc1. The lowest BCUT2D eigenvalue weighted by molar-refractivity contribution is 0.173. The Balaban J connectivity index is 1.91. The van der Waals surface area contributed by atoms with Crippen LogP contribution < -0.4 is 5.32 Å². The summed E-state index contributed by atoms with van der Waals surface area (Å²) in [6.45, 7) is 3.30. The minimum absolute atomic E-state index is 0.213. The van der Waals surface area contributed by atoms with Gasteiger partial charge in [-0.05, 0) is 42.5 Å². The highest BCUT2D eigenvalue weighted by Crippen LogP contribution is 2.20. The van der Waals surface area contributed by atoms with Crippen LogP contribution in [0.3, 0.4) is 0 Å². The highest BCUT2D eigenvalue weighted by molar-refractivity contribution is 5.20. The number of aliphatic hydroxyl groups excluding tert-OH is 1. The summed E-state index contributed by atoms with van der Waals surface area (Å²) >= 11 is 0. The van der Waals surface area contributed by atoms with Gasteiger partial charge in [-0.2, -0.15) is 0 Å². The molecule has 0 aliphatic heterocycles. The van der Waals surface area contributed by atoms with Crippen molar-refractivity contribution in [1.82, 2.24) is 5.32 Å². The fourth-order valence-electron chi connectivity index (χ4n) is 2.47. The van der Waals surface area contributed by atoms with Gasteiger partial charge in [0.15, 0.2) is 0 Å². The molecule has 2 aromatic rings. The van der Waals surface area contributed by atoms with Gasteiger partial charge in [-0.25, -0.2) is 4.39 Å². The molecule has 21 heavy (non-hydrogen) atoms. The van der Waals surface area contributed by atoms with Crippen LogP contribution in [-0.4, -0.2) is 17.8 Å². The lowest BCUT2D eigenvalue weighted by Crippen LogP contribution is -2.23. The number of rotatable bonds is 7. The normalized spacial score (nSPS) is 13.9. The lowest BCUT2D eigenvalue weighted by Gasteiger charge is -2.19. The van der Waals surface area contributed by atoms with Crippen LogP contribution in [0.4, 0.5) is 4.39 Å². The maximum atomic E-state index is 12.9. The Morgan fingerprint density at radius 1 is 1.05 bits per heavy atom. The van der Waals surface area contributed by atoms with E-state index in [4.69, 9.17) is 0 Å². The fourth-order valence-corrected chi connectivity index (χ4v) is 2.47. The Kier molecular flexibility index (Phi) is 5.90. The van der Waals surface area contributed by atoms with Crippen molar-refractivity contribution in [2.45, 2.75) is 31.9 Å². The van der Waals surface area contributed by atoms with Crippen LogP contribution >= 0.6 is 0 Å². The number of hydrogen-bond acceptors (Lipinski definition) is 2. The second kappa shape index (κ2) is 7.91. The average Bonchev–Trinajstić information content (AvgIpc) is 2.49. The third-order valence-electron chi connectivity index (χ3n) is 3.53. The molecule has 0 bridgehead atoms. The molecule has 112 valence electrons. The number of hydrogen-bond donors (Lipinski definition) is 2. The predicted octanol–water partition coefficient (Wildman–Crippen LogP) is 3.47. The first-order valence-electron chi connectivity index (χ1n) is 7.33. The van der Waals surface area contributed by atoms with E-state index >= 15 is 0 Å². The molecule has 2 unspecified atom stereocenters. The van der Waals surface area contributed by atoms with Gasteiger partial charge in [0.25, 0.3) is 0 Å². The molecule has 2 atom stereocenters. The fraction of sp³-hybridized carbons (Fsp3) is 0.333. The first-order chi connectivity index (χ1) is 10.1. The Bertz CT molecular complexity index is 525. The number of aliphatic hydroxyl groups is 1. The lowest BCUT2D eigenvalue weighted by atomic mass is 9.93. The van der Waals surface area contributed by atoms with E-state index in [2.05, 4.69) is 17.4 Å². The van der Waals surface area contributed by atoms with Crippen molar-refractivity contribution in [1.29, 1.82) is 0 Å². The molecule has 2 aromatic carbocycles. The van der Waals surface area contributed by atoms with E-state index in [9.17, 15) is 9.50 Å². The maximum absolute atomic E-state index is 12.9. The van der Waals surface area contributed by atoms with E-state index in [1.165, 1.54) is 17.7 Å². The van der Waals surface area contributed by atoms with Crippen LogP contribution in [0.25, 0.3) is 0 Å². The maximum Gasteiger partial charge on any atom is 0.123 e. The van der Waals surface area contributed by atoms with Gasteiger partial charge in [-0.3, -0.25) is 0 Å². The molecule has 0 saturated carbocycles. The Morgan fingerprint density at radius 2 is 1.71 bits per heavy atom. The van der Waals surface area contributed by atoms with E-state index in [-0.39, 0.29) is 17.8 Å². The summed E-state index contributed by atoms with van der Waals surface area (Å²) in [6, 6.07) is 16.7. The molecule has 2 rings (SSSR count). The topological polar surface area (TPSA) is 32.3 Å². The van der Waals surface area contributed by atoms with Crippen molar-refractivity contribution in [3.8, 4) is 0 Å². The summed E-state index contributed by atoms with van der Waals surface area (Å²) in [4.78, 5) is 0. The molecule has 2 N–H and O–H groups in total. The molecule has 2 nitrogen and oxygen atoms in total. The highest BCUT2D eigenvalue weighted by Gasteiger charge is 2.13. The third kappa shape index (κ3) is 5.29. The van der Waals surface area contributed by atoms with Gasteiger partial charge in [0, 0.05) is 13.1 Å². The van der Waals surface area contributed by atoms with Crippen LogP contribution in [0.2, 0.25) is 0 Å². The van der Waals surface area contributed by atoms with Gasteiger partial charge < -0.3 is 10.4 Å². The zero-order valence-electron chi connectivity index (χ0n) is 12.3. The van der Waals surface area contributed by atoms with Crippen molar-refractivity contribution in [3.05, 3.63) is 71.5 Å². The van der Waals surface area contributed by atoms with Crippen LogP contribution in [-0.2, 0) is 6.54 Å². The Hall–Kier alpha value is -1.71. The number of halogens is 1. The van der Waals surface area contributed by atoms with Gasteiger partial charge in [0.2, 0.25) is 0 Å². The second-order valence-corrected chi connectivity index (χ2v) is 5.45. The van der Waals surface area contributed by atoms with Crippen LogP contribution in [0.15, 0.2) is 54.6 Å². The van der Waals surface area contributed by atoms with Gasteiger partial charge >= 0.3 is 0 Å². The molecule has 3 heteroatoms. The first-order valence-corrected chi connectivity index (χ1v) is 7.33. The third-order valence-corrected chi connectivity index (χ3v) is 3.53. The molecular formula is C18H22FNO. The number of benzene rings is 2. The minimum atomic E-state index is -0.331. The van der Waals surface area contributed by atoms with Crippen molar-refractivity contribution < 1.29 is 9.50 Å². The summed E-state index contributed by atoms with van der Waals surface area (Å²) in [5.41, 5.74) is 2.28. The van der Waals surface area contributed by atoms with E-state index in [0.29, 0.717) is 6.54 Å². The molecule has 0 aromatic heterocycles. The quantitative estimate of drug-likeness (QED) is 0.817. The largest absolute Gasteiger partial charge is 0.393 e. The standard InChI is InChI=1S/C18H22FNO/c1-14(21)11-17(16-5-3-2-4-6-16)13-20-12-15-7-9-18(19)10-8-15/h2-10,14,17,20-21H,11-13H2,1H3. The van der Waals surface area contributed by atoms with Gasteiger partial charge in [-0.1, -0.05) is 42.5 Å². The second-order valence-electron chi connectivity index (χ2n) is 5.45. The molecule has 0 aliphatic carbocycles. The zero-order chi connectivity index (χ0) is 15.1. The Morgan fingerprint density at radius 3 is 2.33 bits per heavy atom. The average molecular weight is 287 g/mol. The Labute approximate surface area is 125 Å². The predicted molar refractivity (Wildman–Crippen MR) is 83.6 cm³/mol. The van der Waals surface area contributed by atoms with Gasteiger partial charge in [-0.15, -0.1) is 0 Å². The van der Waals surface area contributed by atoms with E-state index < -0.39 is 0 Å². The van der Waals surface area contributed by atoms with Crippen LogP contribution in [0.5, 0.6) is 0 Å². The van der Waals surface area contributed by atoms with Crippen LogP contribution in [0.1, 0.15) is 30.4 Å². The molecule has 0 amide bonds. The van der Waals surface area contributed by atoms with E-state index in [1.54, 1.807) is 12.1 Å². The van der Waals surface area contributed by atoms with Crippen LogP contribution in [0, 0.1) is 5.82 Å². The van der Waals surface area contributed by atoms with Crippen molar-refractivity contribution >= 4 is 0 Å². The smallest absolute Gasteiger partial charge is 0.123 e. The molecular weight excluding hydrogens is 265 g/mol. The van der Waals surface area contributed by atoms with Crippen molar-refractivity contribution in [2.75, 3.05) is 6.54 Å². The number of nitrogens with one attached hydrogen (secondary N) is 1. The molecule has 0 aliphatic rings. The van der Waals surface area contributed by atoms with E-state index in [0.717, 1.165) is 18.5 Å². The molecule has 0 heterocycles. The minimum Gasteiger partial charge on any atom is -0.393 e. The van der Waals surface area contributed by atoms with Crippen molar-refractivity contribution in [2.24, 2.45) is 0 Å². The summed E-state index contributed by atoms with van der Waals surface area (Å²) in [5.74, 6) is 0.0571. The monoisotopic (exact) mass is 287 g/mol.